The van der Waals surface area contributed by atoms with Crippen LogP contribution in [0.2, 0.25) is 10.0 Å². The maximum Gasteiger partial charge on any atom is 0.344 e. The van der Waals surface area contributed by atoms with Crippen molar-refractivity contribution in [2.45, 2.75) is 5.92 Å². The minimum atomic E-state index is -0.721. The van der Waals surface area contributed by atoms with Crippen molar-refractivity contribution in [1.29, 1.82) is 0 Å². The van der Waals surface area contributed by atoms with Crippen molar-refractivity contribution in [2.75, 3.05) is 0 Å². The molecular weight excluding hydrogens is 501 g/mol. The fourth-order valence-electron chi connectivity index (χ4n) is 4.61. The Morgan fingerprint density at radius 1 is 0.944 bits per heavy atom. The number of aromatic nitrogens is 5. The summed E-state index contributed by atoms with van der Waals surface area (Å²) in [4.78, 5) is 26.8. The van der Waals surface area contributed by atoms with Crippen LogP contribution in [0.5, 0.6) is 11.6 Å². The number of benzene rings is 2. The van der Waals surface area contributed by atoms with E-state index in [0.717, 1.165) is 5.56 Å². The van der Waals surface area contributed by atoms with E-state index in [9.17, 15) is 4.79 Å². The third kappa shape index (κ3) is 3.05. The van der Waals surface area contributed by atoms with Gasteiger partial charge in [0.1, 0.15) is 11.9 Å². The highest BCUT2D eigenvalue weighted by Gasteiger charge is 2.38. The number of pyridine rings is 1. The van der Waals surface area contributed by atoms with Gasteiger partial charge in [0.2, 0.25) is 5.88 Å². The molecule has 0 radical (unpaired) electrons. The highest BCUT2D eigenvalue weighted by Crippen LogP contribution is 2.50. The molecule has 0 amide bonds. The lowest BCUT2D eigenvalue weighted by Gasteiger charge is -2.28. The zero-order chi connectivity index (χ0) is 24.4. The molecule has 8 nitrogen and oxygen atoms in total. The van der Waals surface area contributed by atoms with Crippen LogP contribution in [-0.4, -0.2) is 24.6 Å². The first-order valence-corrected chi connectivity index (χ1v) is 11.7. The fraction of sp³-hybridized carbons (Fsp3) is 0.0385. The predicted octanol–water partition coefficient (Wildman–Crippen LogP) is 5.89. The lowest BCUT2D eigenvalue weighted by molar-refractivity contribution is 0.422. The SMILES string of the molecule is O=c1oc2ccccc2c2c1C(c1cccc(Cl)c1Cl)c1c(ncn3nc(-c4ccncc4)nc13)O2. The summed E-state index contributed by atoms with van der Waals surface area (Å²) in [5.74, 6) is 0.406. The van der Waals surface area contributed by atoms with Crippen LogP contribution in [0, 0.1) is 0 Å². The molecule has 0 bridgehead atoms. The average Bonchev–Trinajstić information content (AvgIpc) is 3.35. The molecule has 0 saturated heterocycles. The molecule has 0 fully saturated rings. The van der Waals surface area contributed by atoms with Gasteiger partial charge in [0.15, 0.2) is 17.2 Å². The van der Waals surface area contributed by atoms with Crippen LogP contribution in [-0.2, 0) is 0 Å². The van der Waals surface area contributed by atoms with Crippen LogP contribution >= 0.6 is 23.2 Å². The van der Waals surface area contributed by atoms with Crippen molar-refractivity contribution in [3.63, 3.8) is 0 Å². The van der Waals surface area contributed by atoms with Crippen LogP contribution in [0.15, 0.2) is 82.5 Å². The van der Waals surface area contributed by atoms with Gasteiger partial charge in [-0.05, 0) is 35.9 Å². The second kappa shape index (κ2) is 7.87. The molecule has 2 aromatic carbocycles. The Labute approximate surface area is 212 Å². The summed E-state index contributed by atoms with van der Waals surface area (Å²) in [6.45, 7) is 0. The Hall–Kier alpha value is -4.27. The van der Waals surface area contributed by atoms with Gasteiger partial charge in [0.05, 0.1) is 32.5 Å². The fourth-order valence-corrected chi connectivity index (χ4v) is 5.02. The van der Waals surface area contributed by atoms with E-state index < -0.39 is 11.5 Å². The number of hydrogen-bond acceptors (Lipinski definition) is 7. The Balaban J connectivity index is 1.59. The van der Waals surface area contributed by atoms with Crippen molar-refractivity contribution in [3.8, 4) is 23.0 Å². The first-order valence-electron chi connectivity index (χ1n) is 10.9. The van der Waals surface area contributed by atoms with E-state index in [1.165, 1.54) is 6.33 Å². The quantitative estimate of drug-likeness (QED) is 0.266. The minimum Gasteiger partial charge on any atom is -0.437 e. The van der Waals surface area contributed by atoms with Crippen molar-refractivity contribution in [3.05, 3.63) is 110 Å². The predicted molar refractivity (Wildman–Crippen MR) is 134 cm³/mol. The Morgan fingerprint density at radius 2 is 1.78 bits per heavy atom. The number of hydrogen-bond donors (Lipinski definition) is 0. The molecule has 0 spiro atoms. The number of fused-ring (bicyclic) bond motifs is 6. The molecule has 1 aliphatic rings. The lowest BCUT2D eigenvalue weighted by atomic mass is 9.84. The van der Waals surface area contributed by atoms with Crippen LogP contribution in [0.1, 0.15) is 22.6 Å². The Kier molecular flexibility index (Phi) is 4.60. The summed E-state index contributed by atoms with van der Waals surface area (Å²) in [7, 11) is 0. The number of nitrogens with zero attached hydrogens (tertiary/aromatic N) is 5. The first kappa shape index (κ1) is 21.0. The molecule has 5 heterocycles. The normalized spacial score (nSPS) is 14.4. The molecule has 0 saturated carbocycles. The molecule has 174 valence electrons. The third-order valence-corrected chi connectivity index (χ3v) is 7.03. The molecule has 7 rings (SSSR count). The van der Waals surface area contributed by atoms with Gasteiger partial charge in [0, 0.05) is 18.0 Å². The topological polar surface area (TPSA) is 95.4 Å². The van der Waals surface area contributed by atoms with E-state index in [1.54, 1.807) is 41.2 Å². The van der Waals surface area contributed by atoms with Gasteiger partial charge in [-0.2, -0.15) is 0 Å². The maximum atomic E-state index is 13.4. The molecule has 6 aromatic rings. The monoisotopic (exact) mass is 513 g/mol. The summed E-state index contributed by atoms with van der Waals surface area (Å²) < 4.78 is 13.5. The summed E-state index contributed by atoms with van der Waals surface area (Å²) in [6.07, 6.45) is 4.86. The van der Waals surface area contributed by atoms with E-state index in [-0.39, 0.29) is 5.56 Å². The van der Waals surface area contributed by atoms with Gasteiger partial charge in [0.25, 0.3) is 0 Å². The molecule has 1 atom stereocenters. The molecule has 4 aromatic heterocycles. The Bertz CT molecular complexity index is 1880. The molecule has 1 unspecified atom stereocenters. The van der Waals surface area contributed by atoms with Gasteiger partial charge >= 0.3 is 5.63 Å². The highest BCUT2D eigenvalue weighted by atomic mass is 35.5. The molecular formula is C26H13Cl2N5O3. The highest BCUT2D eigenvalue weighted by molar-refractivity contribution is 6.42. The van der Waals surface area contributed by atoms with E-state index in [4.69, 9.17) is 37.3 Å². The van der Waals surface area contributed by atoms with Gasteiger partial charge < -0.3 is 9.15 Å². The summed E-state index contributed by atoms with van der Waals surface area (Å²) in [5, 5.41) is 5.89. The van der Waals surface area contributed by atoms with Crippen molar-refractivity contribution in [2.24, 2.45) is 0 Å². The second-order valence-corrected chi connectivity index (χ2v) is 8.99. The van der Waals surface area contributed by atoms with Crippen molar-refractivity contribution >= 4 is 39.8 Å². The number of halogens is 2. The minimum absolute atomic E-state index is 0.286. The van der Waals surface area contributed by atoms with E-state index in [1.807, 2.05) is 30.3 Å². The molecule has 10 heteroatoms. The van der Waals surface area contributed by atoms with Gasteiger partial charge in [-0.25, -0.2) is 19.3 Å². The maximum absolute atomic E-state index is 13.4. The van der Waals surface area contributed by atoms with Crippen molar-refractivity contribution in [1.82, 2.24) is 24.6 Å². The molecule has 36 heavy (non-hydrogen) atoms. The summed E-state index contributed by atoms with van der Waals surface area (Å²) in [5.41, 5.74) is 2.52. The van der Waals surface area contributed by atoms with Crippen LogP contribution < -0.4 is 10.4 Å². The van der Waals surface area contributed by atoms with Crippen LogP contribution in [0.3, 0.4) is 0 Å². The molecule has 1 aliphatic heterocycles. The van der Waals surface area contributed by atoms with Gasteiger partial charge in [-0.15, -0.1) is 5.10 Å². The summed E-state index contributed by atoms with van der Waals surface area (Å²) in [6, 6.07) is 16.1. The zero-order valence-electron chi connectivity index (χ0n) is 18.2. The first-order chi connectivity index (χ1) is 17.6. The average molecular weight is 514 g/mol. The van der Waals surface area contributed by atoms with Gasteiger partial charge in [-0.3, -0.25) is 4.98 Å². The second-order valence-electron chi connectivity index (χ2n) is 8.21. The molecule has 0 N–H and O–H groups in total. The molecule has 0 aliphatic carbocycles. The standard InChI is InChI=1S/C26H13Cl2N5O3/c27-16-6-3-5-15(21(16)28)18-19-22(14-4-1-2-7-17(14)35-26(19)34)36-25-20(18)24-31-23(32-33(24)12-30-25)13-8-10-29-11-9-13/h1-12,18H. The van der Waals surface area contributed by atoms with Gasteiger partial charge in [-0.1, -0.05) is 47.5 Å². The van der Waals surface area contributed by atoms with E-state index in [2.05, 4.69) is 15.1 Å². The van der Waals surface area contributed by atoms with E-state index in [0.29, 0.717) is 55.2 Å². The summed E-state index contributed by atoms with van der Waals surface area (Å²) >= 11 is 13.1. The van der Waals surface area contributed by atoms with Crippen LogP contribution in [0.4, 0.5) is 0 Å². The third-order valence-electron chi connectivity index (χ3n) is 6.19. The lowest BCUT2D eigenvalue weighted by Crippen LogP contribution is -2.22. The number of ether oxygens (including phenoxy) is 1. The zero-order valence-corrected chi connectivity index (χ0v) is 19.7. The smallest absolute Gasteiger partial charge is 0.344 e. The number of rotatable bonds is 2. The van der Waals surface area contributed by atoms with E-state index >= 15 is 0 Å². The largest absolute Gasteiger partial charge is 0.437 e. The van der Waals surface area contributed by atoms with Crippen LogP contribution in [0.25, 0.3) is 28.0 Å². The Morgan fingerprint density at radius 3 is 2.64 bits per heavy atom. The number of para-hydroxylation sites is 1. The van der Waals surface area contributed by atoms with Crippen molar-refractivity contribution < 1.29 is 9.15 Å².